The molecule has 346 valence electrons. The topological polar surface area (TPSA) is 190 Å². The molecule has 3 aliphatic rings. The number of aliphatic hydroxyl groups excluding tert-OH is 1. The molecule has 4 amide bonds. The molecule has 2 aliphatic heterocycles. The summed E-state index contributed by atoms with van der Waals surface area (Å²) in [6.45, 7) is 18.2. The van der Waals surface area contributed by atoms with Crippen molar-refractivity contribution in [3.05, 3.63) is 35.0 Å². The normalized spacial score (nSPS) is 19.8. The maximum Gasteiger partial charge on any atom is 0.407 e. The van der Waals surface area contributed by atoms with Crippen LogP contribution in [0.2, 0.25) is 0 Å². The fourth-order valence-corrected chi connectivity index (χ4v) is 8.10. The number of aromatic nitrogens is 1. The highest BCUT2D eigenvalue weighted by molar-refractivity contribution is 7.13. The lowest BCUT2D eigenvalue weighted by Crippen LogP contribution is -2.59. The van der Waals surface area contributed by atoms with Gasteiger partial charge in [0, 0.05) is 50.7 Å². The number of thiazole rings is 1. The smallest absolute Gasteiger partial charge is 0.407 e. The first-order valence-corrected chi connectivity index (χ1v) is 22.6. The Hall–Kier alpha value is -3.94. The third kappa shape index (κ3) is 14.8. The zero-order chi connectivity index (χ0) is 45.1. The molecule has 0 bridgehead atoms. The second kappa shape index (κ2) is 22.1. The van der Waals surface area contributed by atoms with Crippen LogP contribution in [0, 0.1) is 12.3 Å². The molecule has 1 aromatic carbocycles. The van der Waals surface area contributed by atoms with Crippen molar-refractivity contribution in [2.24, 2.45) is 5.41 Å². The summed E-state index contributed by atoms with van der Waals surface area (Å²) in [4.78, 5) is 61.2. The molecule has 2 saturated heterocycles. The monoisotopic (exact) mass is 890 g/mol. The molecule has 3 atom stereocenters. The second-order valence-corrected chi connectivity index (χ2v) is 19.2. The van der Waals surface area contributed by atoms with Crippen LogP contribution in [0.25, 0.3) is 10.4 Å². The van der Waals surface area contributed by atoms with Gasteiger partial charge >= 0.3 is 6.09 Å². The van der Waals surface area contributed by atoms with E-state index in [1.165, 1.54) is 16.2 Å². The number of carbonyl (C=O) groups is 4. The molecule has 3 fully saturated rings. The number of alkyl carbamates (subject to hydrolysis) is 1. The van der Waals surface area contributed by atoms with Gasteiger partial charge in [-0.15, -0.1) is 11.3 Å². The third-order valence-electron chi connectivity index (χ3n) is 11.0. The van der Waals surface area contributed by atoms with Crippen LogP contribution in [0.1, 0.15) is 84.9 Å². The molecule has 0 radical (unpaired) electrons. The minimum Gasteiger partial charge on any atom is -0.491 e. The van der Waals surface area contributed by atoms with E-state index in [1.54, 1.807) is 26.3 Å². The predicted octanol–water partition coefficient (Wildman–Crippen LogP) is 4.15. The van der Waals surface area contributed by atoms with Gasteiger partial charge in [0.05, 0.1) is 61.8 Å². The summed E-state index contributed by atoms with van der Waals surface area (Å²) < 4.78 is 43.3. The van der Waals surface area contributed by atoms with E-state index in [0.29, 0.717) is 51.0 Å². The van der Waals surface area contributed by atoms with Gasteiger partial charge in [-0.2, -0.15) is 0 Å². The largest absolute Gasteiger partial charge is 0.491 e. The van der Waals surface area contributed by atoms with Gasteiger partial charge in [0.25, 0.3) is 5.91 Å². The van der Waals surface area contributed by atoms with Crippen molar-refractivity contribution in [3.8, 4) is 16.2 Å². The Morgan fingerprint density at radius 2 is 1.61 bits per heavy atom. The number of aliphatic hydroxyl groups is 1. The van der Waals surface area contributed by atoms with E-state index in [2.05, 4.69) is 25.8 Å². The summed E-state index contributed by atoms with van der Waals surface area (Å²) >= 11 is 1.51. The number of piperidine rings is 1. The molecular weight excluding hydrogens is 824 g/mol. The first kappa shape index (κ1) is 49.1. The second-order valence-electron chi connectivity index (χ2n) is 18.4. The van der Waals surface area contributed by atoms with Crippen LogP contribution in [0.15, 0.2) is 23.7 Å². The first-order valence-electron chi connectivity index (χ1n) is 21.7. The number of aryl methyl sites for hydroxylation is 1. The van der Waals surface area contributed by atoms with Crippen LogP contribution in [-0.2, 0) is 39.9 Å². The highest BCUT2D eigenvalue weighted by Crippen LogP contribution is 2.40. The number of β-amino-alcohol motifs (C(OH)–C–C–N with tert-alkyl or cyclic N) is 1. The average molecular weight is 891 g/mol. The first-order chi connectivity index (χ1) is 29.3. The number of likely N-dealkylation sites (tertiary alicyclic amines) is 2. The van der Waals surface area contributed by atoms with Gasteiger partial charge in [-0.1, -0.05) is 32.9 Å². The van der Waals surface area contributed by atoms with E-state index in [0.717, 1.165) is 48.6 Å². The Morgan fingerprint density at radius 1 is 0.968 bits per heavy atom. The fourth-order valence-electron chi connectivity index (χ4n) is 7.29. The number of hydrogen-bond donors (Lipinski definition) is 4. The maximum atomic E-state index is 14.6. The lowest BCUT2D eigenvalue weighted by atomic mass is 9.85. The molecule has 16 nitrogen and oxygen atoms in total. The lowest BCUT2D eigenvalue weighted by Gasteiger charge is -2.35. The van der Waals surface area contributed by atoms with Crippen LogP contribution in [0.5, 0.6) is 5.75 Å². The Morgan fingerprint density at radius 3 is 2.21 bits per heavy atom. The van der Waals surface area contributed by atoms with E-state index in [9.17, 15) is 28.7 Å². The zero-order valence-electron chi connectivity index (χ0n) is 37.4. The summed E-state index contributed by atoms with van der Waals surface area (Å²) in [7, 11) is 0. The number of ether oxygens (including phenoxy) is 5. The van der Waals surface area contributed by atoms with Crippen LogP contribution < -0.4 is 20.7 Å². The van der Waals surface area contributed by atoms with Crippen molar-refractivity contribution in [2.75, 3.05) is 72.4 Å². The number of carbonyl (C=O) groups excluding carboxylic acids is 4. The molecule has 0 unspecified atom stereocenters. The van der Waals surface area contributed by atoms with Gasteiger partial charge in [0.15, 0.2) is 5.67 Å². The Balaban J connectivity index is 1.02. The minimum absolute atomic E-state index is 0.0226. The molecule has 4 N–H and O–H groups in total. The van der Waals surface area contributed by atoms with Gasteiger partial charge < -0.3 is 54.5 Å². The summed E-state index contributed by atoms with van der Waals surface area (Å²) in [5.74, 6) is -1.30. The third-order valence-corrected chi connectivity index (χ3v) is 11.9. The molecule has 62 heavy (non-hydrogen) atoms. The standard InChI is InChI=1S/C44H67FN6O10S/c1-29-36(62-28-47-29)30-8-9-31(26-46-38(53)34-25-33(52)27-51(34)39(54)37(42(2,3)4)49-40(55)44(45)12-13-44)35(24-30)60-23-22-59-21-20-58-19-18-57-17-16-50-14-10-32(11-15-50)48-41(56)61-43(5,6)7/h8-9,24,28,32-34,37,52H,10-23,25-27H2,1-7H3,(H,46,53)(H,48,56)(H,49,55)/t33-,34+,37-/m1/s1. The van der Waals surface area contributed by atoms with Crippen LogP contribution in [-0.4, -0.2) is 152 Å². The van der Waals surface area contributed by atoms with Gasteiger partial charge in [-0.05, 0) is 70.4 Å². The summed E-state index contributed by atoms with van der Waals surface area (Å²) in [6, 6.07) is 3.75. The predicted molar refractivity (Wildman–Crippen MR) is 232 cm³/mol. The molecule has 1 saturated carbocycles. The maximum absolute atomic E-state index is 14.6. The van der Waals surface area contributed by atoms with E-state index < -0.39 is 52.6 Å². The van der Waals surface area contributed by atoms with Crippen molar-refractivity contribution in [1.29, 1.82) is 0 Å². The molecule has 1 aliphatic carbocycles. The van der Waals surface area contributed by atoms with E-state index in [-0.39, 0.29) is 51.1 Å². The summed E-state index contributed by atoms with van der Waals surface area (Å²) in [6.07, 6.45) is 0.673. The van der Waals surface area contributed by atoms with Crippen LogP contribution in [0.4, 0.5) is 9.18 Å². The van der Waals surface area contributed by atoms with Gasteiger partial charge in [-0.3, -0.25) is 14.4 Å². The molecule has 1 aromatic heterocycles. The van der Waals surface area contributed by atoms with Gasteiger partial charge in [0.1, 0.15) is 30.0 Å². The quantitative estimate of drug-likeness (QED) is 0.131. The molecule has 5 rings (SSSR count). The molecular formula is C44H67FN6O10S. The lowest BCUT2D eigenvalue weighted by molar-refractivity contribution is -0.145. The van der Waals surface area contributed by atoms with Gasteiger partial charge in [0.2, 0.25) is 11.8 Å². The van der Waals surface area contributed by atoms with Crippen molar-refractivity contribution in [2.45, 2.75) is 123 Å². The zero-order valence-corrected chi connectivity index (χ0v) is 38.2. The van der Waals surface area contributed by atoms with Crippen LogP contribution in [0.3, 0.4) is 0 Å². The number of benzene rings is 1. The number of alkyl halides is 1. The number of halogens is 1. The van der Waals surface area contributed by atoms with Crippen molar-refractivity contribution in [1.82, 2.24) is 30.7 Å². The fraction of sp³-hybridized carbons (Fsp3) is 0.705. The molecule has 0 spiro atoms. The summed E-state index contributed by atoms with van der Waals surface area (Å²) in [5, 5.41) is 19.1. The number of nitrogens with one attached hydrogen (secondary N) is 3. The number of rotatable bonds is 21. The number of hydrogen-bond acceptors (Lipinski definition) is 13. The number of amides is 4. The minimum atomic E-state index is -1.97. The highest BCUT2D eigenvalue weighted by atomic mass is 32.1. The highest BCUT2D eigenvalue weighted by Gasteiger charge is 2.53. The van der Waals surface area contributed by atoms with E-state index in [1.807, 2.05) is 45.9 Å². The summed E-state index contributed by atoms with van der Waals surface area (Å²) in [5.41, 5.74) is 1.01. The Labute approximate surface area is 368 Å². The van der Waals surface area contributed by atoms with Crippen molar-refractivity contribution >= 4 is 35.2 Å². The van der Waals surface area contributed by atoms with Crippen molar-refractivity contribution in [3.63, 3.8) is 0 Å². The Bertz CT molecular complexity index is 1810. The molecule has 2 aromatic rings. The van der Waals surface area contributed by atoms with E-state index in [4.69, 9.17) is 23.7 Å². The number of nitrogens with zero attached hydrogens (tertiary/aromatic N) is 3. The van der Waals surface area contributed by atoms with Crippen LogP contribution >= 0.6 is 11.3 Å². The average Bonchev–Trinajstić information content (AvgIpc) is 3.61. The van der Waals surface area contributed by atoms with Crippen molar-refractivity contribution < 1.29 is 52.4 Å². The molecule has 18 heteroatoms. The SMILES string of the molecule is Cc1ncsc1-c1ccc(CNC(=O)[C@@H]2C[C@@H](O)CN2C(=O)[C@@H](NC(=O)C2(F)CC2)C(C)(C)C)c(OCCOCCOCCOCCN2CCC(NC(=O)OC(C)(C)C)CC2)c1. The molecule has 3 heterocycles. The van der Waals surface area contributed by atoms with Gasteiger partial charge in [-0.25, -0.2) is 14.2 Å². The Kier molecular flexibility index (Phi) is 17.5. The van der Waals surface area contributed by atoms with E-state index >= 15 is 0 Å².